The van der Waals surface area contributed by atoms with Crippen molar-refractivity contribution in [3.8, 4) is 17.2 Å². The third-order valence-electron chi connectivity index (χ3n) is 16.8. The Morgan fingerprint density at radius 2 is 0.355 bits per heavy atom. The minimum Gasteiger partial charge on any atom is -0.490 e. The molecule has 3 heteroatoms. The van der Waals surface area contributed by atoms with Gasteiger partial charge in [0.2, 0.25) is 5.75 Å². The lowest BCUT2D eigenvalue weighted by Crippen LogP contribution is -2.06. The number of rotatable bonds is 66. The highest BCUT2D eigenvalue weighted by Gasteiger charge is 2.15. The lowest BCUT2D eigenvalue weighted by Gasteiger charge is -2.18. The Hall–Kier alpha value is -1.38. The van der Waals surface area contributed by atoms with Crippen LogP contribution in [0, 0.1) is 6.92 Å². The van der Waals surface area contributed by atoms with E-state index in [1.807, 2.05) is 0 Å². The Labute approximate surface area is 479 Å². The standard InChI is InChI=1S/C73H139O3/c1-5-8-11-14-17-20-23-26-29-32-35-38-41-44-47-50-53-56-59-62-65-74-71-68-70(4)69-72(75-66-63-60-57-54-51-48-45-42-39-36-33-30-27-24-21-18-15-12-9-6-2)73(71)76-67-64-61-58-55-52-49-46-43-40-37-34-31-28-25-22-19-16-13-10-7-3/h68-69H,4-67H2,1-3H3. The van der Waals surface area contributed by atoms with E-state index >= 15 is 0 Å². The maximum atomic E-state index is 6.58. The largest absolute Gasteiger partial charge is 0.490 e. The van der Waals surface area contributed by atoms with Gasteiger partial charge in [-0.3, -0.25) is 0 Å². The maximum Gasteiger partial charge on any atom is 0.203 e. The van der Waals surface area contributed by atoms with Gasteiger partial charge >= 0.3 is 0 Å². The molecule has 0 aliphatic heterocycles. The van der Waals surface area contributed by atoms with Crippen LogP contribution in [0.3, 0.4) is 0 Å². The fourth-order valence-electron chi connectivity index (χ4n) is 11.6. The second-order valence-corrected chi connectivity index (χ2v) is 24.6. The van der Waals surface area contributed by atoms with Crippen LogP contribution < -0.4 is 14.2 Å². The Kier molecular flexibility index (Phi) is 60.0. The lowest BCUT2D eigenvalue weighted by atomic mass is 10.0. The molecule has 0 saturated carbocycles. The fourth-order valence-corrected chi connectivity index (χ4v) is 11.6. The van der Waals surface area contributed by atoms with Crippen molar-refractivity contribution >= 4 is 0 Å². The van der Waals surface area contributed by atoms with Crippen molar-refractivity contribution < 1.29 is 14.2 Å². The molecule has 0 amide bonds. The molecule has 0 atom stereocenters. The molecule has 0 aromatic heterocycles. The predicted molar refractivity (Wildman–Crippen MR) is 341 cm³/mol. The van der Waals surface area contributed by atoms with Crippen molar-refractivity contribution in [2.75, 3.05) is 19.8 Å². The smallest absolute Gasteiger partial charge is 0.203 e. The molecule has 449 valence electrons. The molecule has 0 aliphatic carbocycles. The van der Waals surface area contributed by atoms with Crippen LogP contribution in [0.15, 0.2) is 12.1 Å². The lowest BCUT2D eigenvalue weighted by molar-refractivity contribution is 0.234. The second kappa shape index (κ2) is 62.8. The SMILES string of the molecule is [CH2]c1cc(OCCCCCCCCCCCCCCCCCCCCCC)c(OCCCCCCCCCCCCCCCCCCCCCC)c(OCCCCCCCCCCCCCCCCCCCCCC)c1. The Morgan fingerprint density at radius 1 is 0.211 bits per heavy atom. The van der Waals surface area contributed by atoms with Gasteiger partial charge in [0.15, 0.2) is 11.5 Å². The first-order chi connectivity index (χ1) is 37.7. The van der Waals surface area contributed by atoms with Crippen molar-refractivity contribution in [2.45, 2.75) is 406 Å². The Morgan fingerprint density at radius 3 is 0.526 bits per heavy atom. The van der Waals surface area contributed by atoms with Gasteiger partial charge in [0.05, 0.1) is 19.8 Å². The van der Waals surface area contributed by atoms with Crippen LogP contribution in [0.5, 0.6) is 17.2 Å². The summed E-state index contributed by atoms with van der Waals surface area (Å²) in [6.45, 7) is 13.5. The summed E-state index contributed by atoms with van der Waals surface area (Å²) in [6.07, 6.45) is 84.1. The normalized spacial score (nSPS) is 11.6. The molecule has 76 heavy (non-hydrogen) atoms. The molecular formula is C73H139O3. The summed E-state index contributed by atoms with van der Waals surface area (Å²) in [5.74, 6) is 2.47. The third kappa shape index (κ3) is 53.3. The monoisotopic (exact) mass is 1060 g/mol. The maximum absolute atomic E-state index is 6.58. The summed E-state index contributed by atoms with van der Waals surface area (Å²) in [5.41, 5.74) is 0.947. The molecule has 3 nitrogen and oxygen atoms in total. The molecule has 0 fully saturated rings. The van der Waals surface area contributed by atoms with Crippen molar-refractivity contribution in [2.24, 2.45) is 0 Å². The highest BCUT2D eigenvalue weighted by atomic mass is 16.5. The molecule has 0 saturated heterocycles. The number of ether oxygens (including phenoxy) is 3. The molecule has 0 unspecified atom stereocenters. The number of hydrogen-bond donors (Lipinski definition) is 0. The summed E-state index contributed by atoms with van der Waals surface area (Å²) in [7, 11) is 0. The second-order valence-electron chi connectivity index (χ2n) is 24.6. The molecular weight excluding hydrogens is 925 g/mol. The zero-order chi connectivity index (χ0) is 54.4. The van der Waals surface area contributed by atoms with Crippen molar-refractivity contribution in [3.63, 3.8) is 0 Å². The van der Waals surface area contributed by atoms with Gasteiger partial charge in [-0.05, 0) is 43.9 Å². The number of benzene rings is 1. The minimum absolute atomic E-state index is 0.723. The topological polar surface area (TPSA) is 27.7 Å². The van der Waals surface area contributed by atoms with Crippen LogP contribution in [-0.4, -0.2) is 19.8 Å². The van der Waals surface area contributed by atoms with Crippen LogP contribution in [0.25, 0.3) is 0 Å². The van der Waals surface area contributed by atoms with E-state index in [1.54, 1.807) is 0 Å². The summed E-state index contributed by atoms with van der Waals surface area (Å²) in [4.78, 5) is 0. The van der Waals surface area contributed by atoms with Crippen LogP contribution in [0.2, 0.25) is 0 Å². The first kappa shape index (κ1) is 72.6. The van der Waals surface area contributed by atoms with E-state index in [0.717, 1.165) is 61.9 Å². The van der Waals surface area contributed by atoms with Gasteiger partial charge < -0.3 is 14.2 Å². The van der Waals surface area contributed by atoms with E-state index < -0.39 is 0 Å². The van der Waals surface area contributed by atoms with Gasteiger partial charge in [-0.25, -0.2) is 0 Å². The molecule has 0 heterocycles. The van der Waals surface area contributed by atoms with Crippen molar-refractivity contribution in [3.05, 3.63) is 24.6 Å². The quantitative estimate of drug-likeness (QED) is 0.0609. The van der Waals surface area contributed by atoms with E-state index in [-0.39, 0.29) is 0 Å². The van der Waals surface area contributed by atoms with Gasteiger partial charge in [-0.15, -0.1) is 0 Å². The first-order valence-electron chi connectivity index (χ1n) is 35.6. The van der Waals surface area contributed by atoms with E-state index in [2.05, 4.69) is 39.8 Å². The van der Waals surface area contributed by atoms with Crippen molar-refractivity contribution in [1.29, 1.82) is 0 Å². The molecule has 0 N–H and O–H groups in total. The van der Waals surface area contributed by atoms with Gasteiger partial charge in [-0.2, -0.15) is 0 Å². The van der Waals surface area contributed by atoms with Crippen LogP contribution in [0.4, 0.5) is 0 Å². The highest BCUT2D eigenvalue weighted by molar-refractivity contribution is 5.54. The minimum atomic E-state index is 0.723. The molecule has 0 aliphatic rings. The third-order valence-corrected chi connectivity index (χ3v) is 16.8. The number of unbranched alkanes of at least 4 members (excludes halogenated alkanes) is 57. The van der Waals surface area contributed by atoms with Crippen LogP contribution >= 0.6 is 0 Å². The van der Waals surface area contributed by atoms with Crippen molar-refractivity contribution in [1.82, 2.24) is 0 Å². The van der Waals surface area contributed by atoms with Gasteiger partial charge in [0, 0.05) is 0 Å². The zero-order valence-corrected chi connectivity index (χ0v) is 52.6. The van der Waals surface area contributed by atoms with E-state index in [4.69, 9.17) is 14.2 Å². The highest BCUT2D eigenvalue weighted by Crippen LogP contribution is 2.39. The van der Waals surface area contributed by atoms with E-state index in [9.17, 15) is 0 Å². The van der Waals surface area contributed by atoms with Crippen LogP contribution in [0.1, 0.15) is 412 Å². The summed E-state index contributed by atoms with van der Waals surface area (Å²) >= 11 is 0. The molecule has 1 aromatic carbocycles. The number of hydrogen-bond acceptors (Lipinski definition) is 3. The molecule has 0 bridgehead atoms. The molecule has 0 spiro atoms. The van der Waals surface area contributed by atoms with E-state index in [0.29, 0.717) is 0 Å². The average molecular weight is 1060 g/mol. The van der Waals surface area contributed by atoms with Gasteiger partial charge in [-0.1, -0.05) is 387 Å². The zero-order valence-electron chi connectivity index (χ0n) is 52.6. The fraction of sp³-hybridized carbons (Fsp3) is 0.904. The molecule has 1 radical (unpaired) electrons. The molecule has 1 rings (SSSR count). The summed E-state index contributed by atoms with van der Waals surface area (Å²) < 4.78 is 19.6. The van der Waals surface area contributed by atoms with Gasteiger partial charge in [0.25, 0.3) is 0 Å². The summed E-state index contributed by atoms with van der Waals surface area (Å²) in [6, 6.07) is 4.15. The Balaban J connectivity index is 2.30. The summed E-state index contributed by atoms with van der Waals surface area (Å²) in [5, 5.41) is 0. The van der Waals surface area contributed by atoms with E-state index in [1.165, 1.54) is 366 Å². The first-order valence-corrected chi connectivity index (χ1v) is 35.6. The predicted octanol–water partition coefficient (Wildman–Crippen LogP) is 26.5. The average Bonchev–Trinajstić information content (AvgIpc) is 3.42. The Bertz CT molecular complexity index is 1160. The van der Waals surface area contributed by atoms with Crippen LogP contribution in [-0.2, 0) is 0 Å². The molecule has 1 aromatic rings. The van der Waals surface area contributed by atoms with Gasteiger partial charge in [0.1, 0.15) is 0 Å².